The van der Waals surface area contributed by atoms with Crippen molar-refractivity contribution in [3.63, 3.8) is 0 Å². The van der Waals surface area contributed by atoms with Crippen LogP contribution in [0.25, 0.3) is 0 Å². The zero-order valence-corrected chi connectivity index (χ0v) is 18.1. The van der Waals surface area contributed by atoms with E-state index >= 15 is 0 Å². The monoisotopic (exact) mass is 364 g/mol. The number of hydrogen-bond acceptors (Lipinski definition) is 4. The van der Waals surface area contributed by atoms with Crippen LogP contribution in [0, 0.1) is 0 Å². The van der Waals surface area contributed by atoms with Crippen LogP contribution in [0.3, 0.4) is 0 Å². The van der Waals surface area contributed by atoms with Gasteiger partial charge in [-0.2, -0.15) is 0 Å². The minimum absolute atomic E-state index is 0.240. The largest absolute Gasteiger partial charge is 0.427 e. The van der Waals surface area contributed by atoms with Gasteiger partial charge in [0.1, 0.15) is 0 Å². The summed E-state index contributed by atoms with van der Waals surface area (Å²) in [6.07, 6.45) is -0.536. The number of nitrogens with one attached hydrogen (secondary N) is 1. The van der Waals surface area contributed by atoms with Gasteiger partial charge in [-0.1, -0.05) is 38.4 Å². The molecule has 1 rings (SSSR count). The maximum atomic E-state index is 9.67. The van der Waals surface area contributed by atoms with Crippen molar-refractivity contribution in [2.24, 2.45) is 0 Å². The molecule has 1 radical (unpaired) electrons. The molecule has 1 aromatic rings. The molecule has 25 heavy (non-hydrogen) atoms. The first-order chi connectivity index (χ1) is 11.3. The summed E-state index contributed by atoms with van der Waals surface area (Å²) in [5, 5.41) is 13.3. The smallest absolute Gasteiger partial charge is 0.330 e. The van der Waals surface area contributed by atoms with Gasteiger partial charge in [0.15, 0.2) is 8.32 Å². The number of aliphatic hydroxyl groups is 1. The molecule has 2 N–H and O–H groups in total. The first-order valence-corrected chi connectivity index (χ1v) is 11.9. The maximum absolute atomic E-state index is 9.67. The standard InChI is InChI=1S/C19H35BNO3Si/c1-15(22)19(5,6)24-20-16-9-11-17(12-10-16)21-13-14-23-25(7,8)18(2,3)4/h9-12,15,21-22H,13-14H2,1-8H3. The Bertz CT molecular complexity index is 524. The van der Waals surface area contributed by atoms with Crippen molar-refractivity contribution >= 4 is 26.9 Å². The van der Waals surface area contributed by atoms with Gasteiger partial charge in [0.2, 0.25) is 0 Å². The van der Waals surface area contributed by atoms with Crippen molar-refractivity contribution in [3.8, 4) is 0 Å². The van der Waals surface area contributed by atoms with Crippen LogP contribution in [0.1, 0.15) is 41.5 Å². The van der Waals surface area contributed by atoms with Crippen LogP contribution in [-0.2, 0) is 9.08 Å². The van der Waals surface area contributed by atoms with Crippen molar-refractivity contribution in [1.82, 2.24) is 0 Å². The quantitative estimate of drug-likeness (QED) is 0.520. The lowest BCUT2D eigenvalue weighted by Gasteiger charge is -2.36. The number of hydrogen-bond donors (Lipinski definition) is 2. The lowest BCUT2D eigenvalue weighted by molar-refractivity contribution is -0.0146. The van der Waals surface area contributed by atoms with Gasteiger partial charge in [0, 0.05) is 12.2 Å². The number of anilines is 1. The van der Waals surface area contributed by atoms with E-state index in [1.807, 2.05) is 38.1 Å². The Morgan fingerprint density at radius 1 is 1.12 bits per heavy atom. The number of benzene rings is 1. The van der Waals surface area contributed by atoms with E-state index in [0.717, 1.165) is 24.3 Å². The SMILES string of the molecule is CC(O)C(C)(C)O[B]c1ccc(NCCO[Si](C)(C)C(C)(C)C)cc1. The highest BCUT2D eigenvalue weighted by Gasteiger charge is 2.36. The summed E-state index contributed by atoms with van der Waals surface area (Å²) in [5.41, 5.74) is 1.43. The fourth-order valence-corrected chi connectivity index (χ4v) is 2.76. The lowest BCUT2D eigenvalue weighted by Crippen LogP contribution is -2.41. The van der Waals surface area contributed by atoms with E-state index < -0.39 is 20.0 Å². The van der Waals surface area contributed by atoms with Gasteiger partial charge in [-0.25, -0.2) is 0 Å². The van der Waals surface area contributed by atoms with E-state index in [2.05, 4.69) is 39.2 Å². The number of aliphatic hydroxyl groups excluding tert-OH is 1. The molecule has 1 unspecified atom stereocenters. The van der Waals surface area contributed by atoms with Gasteiger partial charge in [0.25, 0.3) is 0 Å². The summed E-state index contributed by atoms with van der Waals surface area (Å²) in [7, 11) is 0.0195. The molecule has 6 heteroatoms. The Morgan fingerprint density at radius 3 is 2.16 bits per heavy atom. The van der Waals surface area contributed by atoms with Crippen LogP contribution >= 0.6 is 0 Å². The van der Waals surface area contributed by atoms with Crippen molar-refractivity contribution in [1.29, 1.82) is 0 Å². The molecule has 0 fully saturated rings. The van der Waals surface area contributed by atoms with Crippen LogP contribution in [-0.4, -0.2) is 45.8 Å². The van der Waals surface area contributed by atoms with Crippen molar-refractivity contribution in [2.45, 2.75) is 71.4 Å². The third-order valence-corrected chi connectivity index (χ3v) is 9.65. The van der Waals surface area contributed by atoms with Gasteiger partial charge in [-0.05, 0) is 51.0 Å². The van der Waals surface area contributed by atoms with Crippen molar-refractivity contribution in [2.75, 3.05) is 18.5 Å². The summed E-state index contributed by atoms with van der Waals surface area (Å²) >= 11 is 0. The first-order valence-electron chi connectivity index (χ1n) is 9.02. The summed E-state index contributed by atoms with van der Waals surface area (Å²) < 4.78 is 11.8. The molecule has 1 aromatic carbocycles. The maximum Gasteiger partial charge on any atom is 0.330 e. The molecule has 0 aliphatic rings. The molecule has 0 aliphatic carbocycles. The third-order valence-electron chi connectivity index (χ3n) is 5.12. The molecular formula is C19H35BNO3Si. The lowest BCUT2D eigenvalue weighted by atomic mass is 9.86. The molecule has 1 atom stereocenters. The molecule has 4 nitrogen and oxygen atoms in total. The Kier molecular flexibility index (Phi) is 7.75. The summed E-state index contributed by atoms with van der Waals surface area (Å²) in [4.78, 5) is 0. The average molecular weight is 364 g/mol. The molecule has 0 saturated carbocycles. The highest BCUT2D eigenvalue weighted by Crippen LogP contribution is 2.36. The van der Waals surface area contributed by atoms with E-state index in [1.165, 1.54) is 0 Å². The highest BCUT2D eigenvalue weighted by molar-refractivity contribution is 6.74. The summed E-state index contributed by atoms with van der Waals surface area (Å²) in [5.74, 6) is 0. The van der Waals surface area contributed by atoms with Crippen molar-refractivity contribution in [3.05, 3.63) is 24.3 Å². The average Bonchev–Trinajstić information content (AvgIpc) is 2.49. The van der Waals surface area contributed by atoms with Gasteiger partial charge >= 0.3 is 7.48 Å². The Labute approximate surface area is 155 Å². The Balaban J connectivity index is 2.40. The predicted octanol–water partition coefficient (Wildman–Crippen LogP) is 3.54. The van der Waals surface area contributed by atoms with Gasteiger partial charge in [0.05, 0.1) is 18.3 Å². The van der Waals surface area contributed by atoms with Crippen LogP contribution in [0.4, 0.5) is 5.69 Å². The molecule has 0 aliphatic heterocycles. The highest BCUT2D eigenvalue weighted by atomic mass is 28.4. The molecule has 0 amide bonds. The van der Waals surface area contributed by atoms with E-state index in [9.17, 15) is 5.11 Å². The molecule has 141 valence electrons. The van der Waals surface area contributed by atoms with Crippen LogP contribution in [0.5, 0.6) is 0 Å². The zero-order valence-electron chi connectivity index (χ0n) is 17.1. The Hall–Kier alpha value is -0.818. The Morgan fingerprint density at radius 2 is 1.68 bits per heavy atom. The summed E-state index contributed by atoms with van der Waals surface area (Å²) in [6.45, 7) is 18.3. The van der Waals surface area contributed by atoms with Gasteiger partial charge in [-0.15, -0.1) is 0 Å². The molecule has 0 spiro atoms. The third kappa shape index (κ3) is 7.13. The van der Waals surface area contributed by atoms with E-state index in [-0.39, 0.29) is 5.04 Å². The second-order valence-corrected chi connectivity index (χ2v) is 13.5. The molecule has 0 bridgehead atoms. The second-order valence-electron chi connectivity index (χ2n) is 8.67. The second kappa shape index (κ2) is 8.71. The van der Waals surface area contributed by atoms with Crippen LogP contribution in [0.15, 0.2) is 24.3 Å². The van der Waals surface area contributed by atoms with Gasteiger partial charge in [-0.3, -0.25) is 0 Å². The minimum atomic E-state index is -1.67. The van der Waals surface area contributed by atoms with Crippen LogP contribution in [0.2, 0.25) is 18.1 Å². The van der Waals surface area contributed by atoms with E-state index in [1.54, 1.807) is 14.4 Å². The van der Waals surface area contributed by atoms with E-state index in [0.29, 0.717) is 0 Å². The minimum Gasteiger partial charge on any atom is -0.427 e. The molecule has 0 aromatic heterocycles. The number of rotatable bonds is 9. The summed E-state index contributed by atoms with van der Waals surface area (Å²) in [6, 6.07) is 8.04. The topological polar surface area (TPSA) is 50.7 Å². The van der Waals surface area contributed by atoms with Gasteiger partial charge < -0.3 is 19.5 Å². The predicted molar refractivity (Wildman–Crippen MR) is 110 cm³/mol. The fourth-order valence-electron chi connectivity index (χ4n) is 1.72. The van der Waals surface area contributed by atoms with Crippen molar-refractivity contribution < 1.29 is 14.2 Å². The normalized spacial score (nSPS) is 14.3. The fraction of sp³-hybridized carbons (Fsp3) is 0.684. The zero-order chi connectivity index (χ0) is 19.3. The first kappa shape index (κ1) is 22.2. The van der Waals surface area contributed by atoms with Crippen LogP contribution < -0.4 is 10.8 Å². The molecule has 0 saturated heterocycles. The van der Waals surface area contributed by atoms with E-state index in [4.69, 9.17) is 9.08 Å². The molecule has 0 heterocycles. The molecular weight excluding hydrogens is 329 g/mol.